The number of carbonyl (C=O) groups is 4. The Balaban J connectivity index is 1.53. The summed E-state index contributed by atoms with van der Waals surface area (Å²) in [6.07, 6.45) is 4.36. The first-order chi connectivity index (χ1) is 20.2. The van der Waals surface area contributed by atoms with Crippen LogP contribution in [0.15, 0.2) is 12.2 Å². The zero-order valence-corrected chi connectivity index (χ0v) is 28.6. The standard InChI is InChI=1S/C36H54O8/c1-20(2)29(43-24(6)39)25(41-22(4)37)18-21(3)35-17-16-34(11)33(10)15-12-27-31(7,8)28(40)13-14-32(27,9)30(33)26(42-23(5)38)19-36(34,35)44-35/h21,25-27,29-30H,1,12-19H2,2-11H3/t21-,25+,26+,27+,29+,30+,32+,33+,34-,35-,36-/m1/s1. The smallest absolute Gasteiger partial charge is 0.303 e. The van der Waals surface area contributed by atoms with Crippen molar-refractivity contribution in [3.05, 3.63) is 12.2 Å². The maximum Gasteiger partial charge on any atom is 0.303 e. The van der Waals surface area contributed by atoms with Gasteiger partial charge < -0.3 is 18.9 Å². The lowest BCUT2D eigenvalue weighted by Gasteiger charge is -2.69. The minimum absolute atomic E-state index is 0.0395. The number of fused-ring (bicyclic) bond motifs is 4. The molecule has 4 saturated carbocycles. The topological polar surface area (TPSA) is 108 Å². The predicted octanol–water partition coefficient (Wildman–Crippen LogP) is 6.52. The summed E-state index contributed by atoms with van der Waals surface area (Å²) in [5, 5.41) is 0. The highest BCUT2D eigenvalue weighted by Gasteiger charge is 2.89. The van der Waals surface area contributed by atoms with Gasteiger partial charge >= 0.3 is 17.9 Å². The van der Waals surface area contributed by atoms with E-state index in [0.29, 0.717) is 30.6 Å². The van der Waals surface area contributed by atoms with Gasteiger partial charge in [-0.25, -0.2) is 0 Å². The van der Waals surface area contributed by atoms with Gasteiger partial charge in [0.1, 0.15) is 29.2 Å². The predicted molar refractivity (Wildman–Crippen MR) is 164 cm³/mol. The number of ketones is 1. The molecule has 0 aromatic heterocycles. The van der Waals surface area contributed by atoms with Crippen molar-refractivity contribution < 1.29 is 38.1 Å². The minimum atomic E-state index is -0.757. The number of ether oxygens (including phenoxy) is 4. The number of carbonyl (C=O) groups excluding carboxylic acids is 4. The average Bonchev–Trinajstić information content (AvgIpc) is 3.47. The van der Waals surface area contributed by atoms with Crippen LogP contribution in [0.25, 0.3) is 0 Å². The zero-order chi connectivity index (χ0) is 32.8. The Morgan fingerprint density at radius 3 is 2.14 bits per heavy atom. The molecular weight excluding hydrogens is 560 g/mol. The van der Waals surface area contributed by atoms with Crippen molar-refractivity contribution in [1.82, 2.24) is 0 Å². The van der Waals surface area contributed by atoms with Gasteiger partial charge in [-0.2, -0.15) is 0 Å². The Labute approximate surface area is 263 Å². The van der Waals surface area contributed by atoms with E-state index in [1.54, 1.807) is 6.92 Å². The molecule has 0 bridgehead atoms. The van der Waals surface area contributed by atoms with E-state index in [9.17, 15) is 19.2 Å². The van der Waals surface area contributed by atoms with Crippen molar-refractivity contribution in [1.29, 1.82) is 0 Å². The van der Waals surface area contributed by atoms with E-state index >= 15 is 0 Å². The van der Waals surface area contributed by atoms with E-state index in [0.717, 1.165) is 32.1 Å². The third-order valence-corrected chi connectivity index (χ3v) is 13.8. The molecule has 246 valence electrons. The molecule has 5 rings (SSSR count). The van der Waals surface area contributed by atoms with E-state index in [-0.39, 0.29) is 46.1 Å². The molecule has 44 heavy (non-hydrogen) atoms. The Kier molecular flexibility index (Phi) is 7.83. The number of hydrogen-bond donors (Lipinski definition) is 0. The van der Waals surface area contributed by atoms with Gasteiger partial charge in [-0.15, -0.1) is 0 Å². The highest BCUT2D eigenvalue weighted by atomic mass is 16.6. The van der Waals surface area contributed by atoms with Crippen LogP contribution in [-0.4, -0.2) is 53.2 Å². The highest BCUT2D eigenvalue weighted by Crippen LogP contribution is 2.84. The molecule has 0 aromatic carbocycles. The number of rotatable bonds is 8. The Bertz CT molecular complexity index is 1270. The quantitative estimate of drug-likeness (QED) is 0.132. The Morgan fingerprint density at radius 2 is 1.57 bits per heavy atom. The molecule has 5 aliphatic rings. The monoisotopic (exact) mass is 614 g/mol. The summed E-state index contributed by atoms with van der Waals surface area (Å²) < 4.78 is 24.8. The van der Waals surface area contributed by atoms with Gasteiger partial charge in [0.05, 0.1) is 0 Å². The number of Topliss-reactive ketones (excluding diaryl/α,β-unsaturated/α-hetero) is 1. The molecular formula is C36H54O8. The Morgan fingerprint density at radius 1 is 0.932 bits per heavy atom. The second kappa shape index (κ2) is 10.4. The van der Waals surface area contributed by atoms with Crippen LogP contribution in [0.1, 0.15) is 121 Å². The highest BCUT2D eigenvalue weighted by molar-refractivity contribution is 5.85. The first kappa shape index (κ1) is 33.2. The molecule has 0 aromatic rings. The van der Waals surface area contributed by atoms with Crippen molar-refractivity contribution in [2.24, 2.45) is 39.4 Å². The van der Waals surface area contributed by atoms with Crippen LogP contribution < -0.4 is 0 Å². The van der Waals surface area contributed by atoms with Crippen molar-refractivity contribution in [2.45, 2.75) is 150 Å². The lowest BCUT2D eigenvalue weighted by molar-refractivity contribution is -0.248. The molecule has 8 heteroatoms. The van der Waals surface area contributed by atoms with E-state index in [1.807, 2.05) is 0 Å². The van der Waals surface area contributed by atoms with Crippen LogP contribution in [0.4, 0.5) is 0 Å². The van der Waals surface area contributed by atoms with Crippen LogP contribution in [0.5, 0.6) is 0 Å². The summed E-state index contributed by atoms with van der Waals surface area (Å²) >= 11 is 0. The van der Waals surface area contributed by atoms with Crippen molar-refractivity contribution in [2.75, 3.05) is 0 Å². The van der Waals surface area contributed by atoms with E-state index < -0.39 is 40.8 Å². The van der Waals surface area contributed by atoms with Crippen molar-refractivity contribution in [3.63, 3.8) is 0 Å². The van der Waals surface area contributed by atoms with E-state index in [4.69, 9.17) is 18.9 Å². The molecule has 1 saturated heterocycles. The summed E-state index contributed by atoms with van der Waals surface area (Å²) in [4.78, 5) is 50.0. The van der Waals surface area contributed by atoms with Gasteiger partial charge in [0, 0.05) is 50.4 Å². The summed E-state index contributed by atoms with van der Waals surface area (Å²) in [7, 11) is 0. The van der Waals surface area contributed by atoms with Crippen LogP contribution in [-0.2, 0) is 38.1 Å². The zero-order valence-electron chi connectivity index (χ0n) is 28.6. The summed E-state index contributed by atoms with van der Waals surface area (Å²) in [6.45, 7) is 23.5. The normalized spacial score (nSPS) is 43.6. The van der Waals surface area contributed by atoms with Crippen LogP contribution in [0.2, 0.25) is 0 Å². The second-order valence-corrected chi connectivity index (χ2v) is 16.3. The van der Waals surface area contributed by atoms with E-state index in [2.05, 4.69) is 48.1 Å². The lowest BCUT2D eigenvalue weighted by atomic mass is 9.34. The van der Waals surface area contributed by atoms with Gasteiger partial charge in [0.15, 0.2) is 6.10 Å². The molecule has 1 spiro atoms. The molecule has 11 atom stereocenters. The third-order valence-electron chi connectivity index (χ3n) is 13.8. The maximum atomic E-state index is 13.2. The van der Waals surface area contributed by atoms with Crippen LogP contribution >= 0.6 is 0 Å². The molecule has 0 radical (unpaired) electrons. The van der Waals surface area contributed by atoms with Crippen LogP contribution in [0, 0.1) is 39.4 Å². The number of epoxide rings is 1. The lowest BCUT2D eigenvalue weighted by Crippen LogP contribution is -2.69. The summed E-state index contributed by atoms with van der Waals surface area (Å²) in [5.41, 5.74) is -1.31. The fourth-order valence-electron chi connectivity index (χ4n) is 11.8. The molecule has 1 aliphatic heterocycles. The molecule has 0 amide bonds. The van der Waals surface area contributed by atoms with E-state index in [1.165, 1.54) is 20.8 Å². The minimum Gasteiger partial charge on any atom is -0.462 e. The average molecular weight is 615 g/mol. The second-order valence-electron chi connectivity index (χ2n) is 16.3. The van der Waals surface area contributed by atoms with Gasteiger partial charge in [-0.05, 0) is 73.7 Å². The fourth-order valence-corrected chi connectivity index (χ4v) is 11.8. The molecule has 0 N–H and O–H groups in total. The molecule has 4 aliphatic carbocycles. The van der Waals surface area contributed by atoms with Crippen LogP contribution in [0.3, 0.4) is 0 Å². The Hall–Kier alpha value is -2.22. The number of esters is 3. The largest absolute Gasteiger partial charge is 0.462 e. The number of hydrogen-bond acceptors (Lipinski definition) is 8. The first-order valence-corrected chi connectivity index (χ1v) is 16.6. The maximum absolute atomic E-state index is 13.2. The van der Waals surface area contributed by atoms with Gasteiger partial charge in [-0.1, -0.05) is 48.1 Å². The summed E-state index contributed by atoms with van der Waals surface area (Å²) in [6, 6.07) is 0. The summed E-state index contributed by atoms with van der Waals surface area (Å²) in [5.74, 6) is -0.561. The molecule has 1 heterocycles. The van der Waals surface area contributed by atoms with Crippen molar-refractivity contribution >= 4 is 23.7 Å². The molecule has 5 fully saturated rings. The first-order valence-electron chi connectivity index (χ1n) is 16.6. The fraction of sp³-hybridized carbons (Fsp3) is 0.833. The third kappa shape index (κ3) is 4.39. The van der Waals surface area contributed by atoms with Gasteiger partial charge in [0.2, 0.25) is 0 Å². The molecule has 0 unspecified atom stereocenters. The SMILES string of the molecule is C=C(C)[C@H](OC(C)=O)[C@H](C[C@@H](C)[C@]12CC[C@@]3(C)[C@@]1(C[C@H](OC(C)=O)[C@H]1[C@@]4(C)CCC(=O)C(C)(C)[C@@H]4CC[C@@]13C)O2)OC(C)=O. The van der Waals surface area contributed by atoms with Gasteiger partial charge in [0.25, 0.3) is 0 Å². The van der Waals surface area contributed by atoms with Crippen molar-refractivity contribution in [3.8, 4) is 0 Å². The van der Waals surface area contributed by atoms with Gasteiger partial charge in [-0.3, -0.25) is 19.2 Å². The molecule has 8 nitrogen and oxygen atoms in total.